The maximum Gasteiger partial charge on any atom is 0.127 e. The van der Waals surface area contributed by atoms with Gasteiger partial charge in [-0.3, -0.25) is 4.90 Å². The minimum Gasteiger partial charge on any atom is -0.497 e. The Morgan fingerprint density at radius 1 is 1.06 bits per heavy atom. The first-order chi connectivity index (χ1) is 15.0. The van der Waals surface area contributed by atoms with Crippen LogP contribution in [0.15, 0.2) is 24.4 Å². The predicted octanol–water partition coefficient (Wildman–Crippen LogP) is 2.46. The topological polar surface area (TPSA) is 64.9 Å². The van der Waals surface area contributed by atoms with Gasteiger partial charge in [0, 0.05) is 44.9 Å². The molecule has 1 aromatic heterocycles. The van der Waals surface area contributed by atoms with Gasteiger partial charge in [0.2, 0.25) is 0 Å². The minimum atomic E-state index is 0.172. The fraction of sp³-hybridized carbons (Fsp3) is 0.652. The summed E-state index contributed by atoms with van der Waals surface area (Å²) in [5.41, 5.74) is 2.20. The first-order valence-corrected chi connectivity index (χ1v) is 11.0. The molecule has 0 spiro atoms. The molecule has 2 heterocycles. The Bertz CT molecular complexity index is 871. The van der Waals surface area contributed by atoms with E-state index in [-0.39, 0.29) is 12.1 Å². The third kappa shape index (κ3) is 4.86. The Labute approximate surface area is 185 Å². The summed E-state index contributed by atoms with van der Waals surface area (Å²) in [7, 11) is 9.32. The smallest absolute Gasteiger partial charge is 0.127 e. The second kappa shape index (κ2) is 9.54. The largest absolute Gasteiger partial charge is 0.497 e. The Morgan fingerprint density at radius 2 is 1.84 bits per heavy atom. The molecule has 4 rings (SSSR count). The van der Waals surface area contributed by atoms with Gasteiger partial charge in [0.1, 0.15) is 11.5 Å². The molecular weight excluding hydrogens is 394 g/mol. The molecule has 2 fully saturated rings. The number of hydrogen-bond donors (Lipinski definition) is 0. The van der Waals surface area contributed by atoms with Gasteiger partial charge < -0.3 is 19.1 Å². The predicted molar refractivity (Wildman–Crippen MR) is 118 cm³/mol. The van der Waals surface area contributed by atoms with Crippen LogP contribution in [0.1, 0.15) is 30.1 Å². The molecule has 1 saturated carbocycles. The monoisotopic (exact) mass is 429 g/mol. The van der Waals surface area contributed by atoms with Crippen molar-refractivity contribution in [3.8, 4) is 11.5 Å². The summed E-state index contributed by atoms with van der Waals surface area (Å²) in [5.74, 6) is 3.00. The normalized spacial score (nSPS) is 26.3. The second-order valence-corrected chi connectivity index (χ2v) is 9.13. The number of hydrogen-bond acceptors (Lipinski definition) is 7. The second-order valence-electron chi connectivity index (χ2n) is 9.13. The SMILES string of the molecule is COc1ccc(CN2C[C@H]3C[C@@H](n4cc(CN(C)C)nn4)[C@H](OC)C[C@H]3C2)c(OC)c1. The van der Waals surface area contributed by atoms with Gasteiger partial charge in [-0.1, -0.05) is 11.3 Å². The Kier molecular flexibility index (Phi) is 6.79. The summed E-state index contributed by atoms with van der Waals surface area (Å²) >= 11 is 0. The van der Waals surface area contributed by atoms with Crippen LogP contribution >= 0.6 is 0 Å². The van der Waals surface area contributed by atoms with Crippen molar-refractivity contribution in [2.75, 3.05) is 48.5 Å². The van der Waals surface area contributed by atoms with Crippen LogP contribution < -0.4 is 9.47 Å². The number of methoxy groups -OCH3 is 3. The molecule has 0 amide bonds. The van der Waals surface area contributed by atoms with E-state index in [4.69, 9.17) is 14.2 Å². The molecule has 2 aliphatic rings. The van der Waals surface area contributed by atoms with Gasteiger partial charge in [0.05, 0.1) is 38.3 Å². The quantitative estimate of drug-likeness (QED) is 0.639. The zero-order valence-electron chi connectivity index (χ0n) is 19.3. The van der Waals surface area contributed by atoms with E-state index in [2.05, 4.69) is 32.4 Å². The van der Waals surface area contributed by atoms with Crippen molar-refractivity contribution in [3.63, 3.8) is 0 Å². The Balaban J connectivity index is 1.44. The van der Waals surface area contributed by atoms with Crippen LogP contribution in [0.4, 0.5) is 0 Å². The molecule has 1 aliphatic heterocycles. The molecule has 0 radical (unpaired) electrons. The summed E-state index contributed by atoms with van der Waals surface area (Å²) < 4.78 is 18.9. The molecular formula is C23H35N5O3. The first kappa shape index (κ1) is 22.0. The average Bonchev–Trinajstić information content (AvgIpc) is 3.38. The third-order valence-corrected chi connectivity index (χ3v) is 6.73. The van der Waals surface area contributed by atoms with Gasteiger partial charge in [-0.2, -0.15) is 0 Å². The van der Waals surface area contributed by atoms with Gasteiger partial charge in [-0.05, 0) is 44.8 Å². The summed E-state index contributed by atoms with van der Waals surface area (Å²) in [6.07, 6.45) is 4.40. The van der Waals surface area contributed by atoms with Gasteiger partial charge in [0.25, 0.3) is 0 Å². The molecule has 8 nitrogen and oxygen atoms in total. The zero-order chi connectivity index (χ0) is 22.0. The molecule has 1 saturated heterocycles. The lowest BCUT2D eigenvalue weighted by Gasteiger charge is -2.37. The molecule has 2 aromatic rings. The van der Waals surface area contributed by atoms with E-state index in [0.717, 1.165) is 56.2 Å². The molecule has 0 N–H and O–H groups in total. The average molecular weight is 430 g/mol. The van der Waals surface area contributed by atoms with Crippen molar-refractivity contribution >= 4 is 0 Å². The van der Waals surface area contributed by atoms with Crippen LogP contribution in [0.2, 0.25) is 0 Å². The highest BCUT2D eigenvalue weighted by molar-refractivity contribution is 5.40. The summed E-state index contributed by atoms with van der Waals surface area (Å²) in [6.45, 7) is 3.87. The van der Waals surface area contributed by atoms with E-state index >= 15 is 0 Å². The van der Waals surface area contributed by atoms with Gasteiger partial charge in [-0.25, -0.2) is 4.68 Å². The van der Waals surface area contributed by atoms with Crippen molar-refractivity contribution < 1.29 is 14.2 Å². The number of likely N-dealkylation sites (tertiary alicyclic amines) is 1. The maximum atomic E-state index is 5.92. The summed E-state index contributed by atoms with van der Waals surface area (Å²) in [6, 6.07) is 6.33. The molecule has 0 bridgehead atoms. The number of ether oxygens (including phenoxy) is 3. The van der Waals surface area contributed by atoms with Crippen LogP contribution in [0.25, 0.3) is 0 Å². The van der Waals surface area contributed by atoms with Crippen LogP contribution in [-0.4, -0.2) is 79.4 Å². The van der Waals surface area contributed by atoms with E-state index in [9.17, 15) is 0 Å². The number of nitrogens with zero attached hydrogens (tertiary/aromatic N) is 5. The Hall–Kier alpha value is -2.16. The summed E-state index contributed by atoms with van der Waals surface area (Å²) in [4.78, 5) is 4.66. The maximum absolute atomic E-state index is 5.92. The third-order valence-electron chi connectivity index (χ3n) is 6.73. The van der Waals surface area contributed by atoms with E-state index in [1.165, 1.54) is 5.56 Å². The zero-order valence-corrected chi connectivity index (χ0v) is 19.3. The minimum absolute atomic E-state index is 0.172. The first-order valence-electron chi connectivity index (χ1n) is 11.0. The molecule has 1 aromatic carbocycles. The van der Waals surface area contributed by atoms with Gasteiger partial charge in [0.15, 0.2) is 0 Å². The van der Waals surface area contributed by atoms with Crippen LogP contribution in [0.3, 0.4) is 0 Å². The highest BCUT2D eigenvalue weighted by atomic mass is 16.5. The van der Waals surface area contributed by atoms with Crippen molar-refractivity contribution in [2.45, 2.75) is 38.1 Å². The van der Waals surface area contributed by atoms with E-state index in [1.807, 2.05) is 38.0 Å². The molecule has 170 valence electrons. The standard InChI is InChI=1S/C23H35N5O3/c1-26(2)14-19-15-28(25-24-19)21-8-17-12-27(13-18(17)9-23(21)31-5)11-16-6-7-20(29-3)10-22(16)30-4/h6-7,10,15,17-18,21,23H,8-9,11-14H2,1-5H3/t17-,18+,21-,23-/m1/s1. The highest BCUT2D eigenvalue weighted by Crippen LogP contribution is 2.43. The molecule has 8 heteroatoms. The molecule has 0 unspecified atom stereocenters. The highest BCUT2D eigenvalue weighted by Gasteiger charge is 2.43. The number of fused-ring (bicyclic) bond motifs is 1. The van der Waals surface area contributed by atoms with Crippen molar-refractivity contribution in [3.05, 3.63) is 35.7 Å². The Morgan fingerprint density at radius 3 is 2.52 bits per heavy atom. The number of rotatable bonds is 8. The van der Waals surface area contributed by atoms with Crippen LogP contribution in [0, 0.1) is 11.8 Å². The lowest BCUT2D eigenvalue weighted by Crippen LogP contribution is -2.37. The lowest BCUT2D eigenvalue weighted by atomic mass is 9.77. The van der Waals surface area contributed by atoms with Gasteiger partial charge in [-0.15, -0.1) is 5.10 Å². The van der Waals surface area contributed by atoms with Crippen molar-refractivity contribution in [1.29, 1.82) is 0 Å². The fourth-order valence-corrected chi connectivity index (χ4v) is 5.24. The number of aromatic nitrogens is 3. The van der Waals surface area contributed by atoms with Crippen LogP contribution in [-0.2, 0) is 17.8 Å². The van der Waals surface area contributed by atoms with E-state index in [1.54, 1.807) is 14.2 Å². The van der Waals surface area contributed by atoms with Crippen molar-refractivity contribution in [1.82, 2.24) is 24.8 Å². The van der Waals surface area contributed by atoms with Crippen molar-refractivity contribution in [2.24, 2.45) is 11.8 Å². The molecule has 4 atom stereocenters. The fourth-order valence-electron chi connectivity index (χ4n) is 5.24. The van der Waals surface area contributed by atoms with Gasteiger partial charge >= 0.3 is 0 Å². The summed E-state index contributed by atoms with van der Waals surface area (Å²) in [5, 5.41) is 8.82. The van der Waals surface area contributed by atoms with E-state index in [0.29, 0.717) is 11.8 Å². The lowest BCUT2D eigenvalue weighted by molar-refractivity contribution is -0.00547. The molecule has 31 heavy (non-hydrogen) atoms. The van der Waals surface area contributed by atoms with Crippen LogP contribution in [0.5, 0.6) is 11.5 Å². The van der Waals surface area contributed by atoms with E-state index < -0.39 is 0 Å². The molecule has 1 aliphatic carbocycles. The number of benzene rings is 1.